The monoisotopic (exact) mass is 477 g/mol. The van der Waals surface area contributed by atoms with Gasteiger partial charge in [0, 0.05) is 29.6 Å². The minimum Gasteiger partial charge on any atom is -0.457 e. The minimum atomic E-state index is -1.83. The zero-order valence-corrected chi connectivity index (χ0v) is 20.3. The number of hydrogen-bond donors (Lipinski definition) is 4. The Hall–Kier alpha value is -1.87. The Kier molecular flexibility index (Phi) is 5.80. The number of carbonyl (C=O) groups excluding carboxylic acids is 2. The Labute approximate surface area is 199 Å². The van der Waals surface area contributed by atoms with E-state index in [4.69, 9.17) is 10.5 Å². The number of halogens is 1. The molecule has 2 fully saturated rings. The van der Waals surface area contributed by atoms with Crippen LogP contribution in [0.1, 0.15) is 47.0 Å². The number of rotatable bonds is 6. The zero-order chi connectivity index (χ0) is 25.4. The molecule has 7 nitrogen and oxygen atoms in total. The molecule has 8 heteroatoms. The highest BCUT2D eigenvalue weighted by atomic mass is 19.1. The molecular weight excluding hydrogens is 441 g/mol. The molecule has 0 bridgehead atoms. The lowest BCUT2D eigenvalue weighted by Gasteiger charge is -2.50. The summed E-state index contributed by atoms with van der Waals surface area (Å²) in [7, 11) is 0. The van der Waals surface area contributed by atoms with E-state index in [-0.39, 0.29) is 30.9 Å². The first-order chi connectivity index (χ1) is 15.7. The van der Waals surface area contributed by atoms with Crippen molar-refractivity contribution >= 4 is 11.8 Å². The molecule has 0 aromatic heterocycles. The smallest absolute Gasteiger partial charge is 0.327 e. The van der Waals surface area contributed by atoms with Gasteiger partial charge in [0.15, 0.2) is 5.78 Å². The SMILES string of the molecule is C=C(CCF)C(N)C(=O)O[C@@]12C[C@@H](C)[C@@]3(O)[C@@H](C=C(CO)C[C@]4(O)C(=O)C(C)=C[C@@H]34)[C@@H]1C2(C)C. The second-order valence-corrected chi connectivity index (χ2v) is 11.3. The number of ketones is 1. The van der Waals surface area contributed by atoms with Gasteiger partial charge in [-0.1, -0.05) is 39.5 Å². The molecule has 5 N–H and O–H groups in total. The van der Waals surface area contributed by atoms with Crippen LogP contribution in [0.3, 0.4) is 0 Å². The lowest BCUT2D eigenvalue weighted by Crippen LogP contribution is -2.61. The highest BCUT2D eigenvalue weighted by molar-refractivity contribution is 6.04. The number of fused-ring (bicyclic) bond motifs is 5. The van der Waals surface area contributed by atoms with E-state index in [9.17, 15) is 29.3 Å². The van der Waals surface area contributed by atoms with Crippen molar-refractivity contribution < 1.29 is 34.0 Å². The summed E-state index contributed by atoms with van der Waals surface area (Å²) in [6.07, 6.45) is 3.64. The summed E-state index contributed by atoms with van der Waals surface area (Å²) in [4.78, 5) is 25.9. The topological polar surface area (TPSA) is 130 Å². The van der Waals surface area contributed by atoms with Gasteiger partial charge in [-0.3, -0.25) is 9.18 Å². The molecule has 4 rings (SSSR count). The minimum absolute atomic E-state index is 0.0303. The molecular formula is C26H36FNO6. The van der Waals surface area contributed by atoms with Crippen LogP contribution in [0.25, 0.3) is 0 Å². The zero-order valence-electron chi connectivity index (χ0n) is 20.3. The summed E-state index contributed by atoms with van der Waals surface area (Å²) in [6, 6.07) is -1.15. The van der Waals surface area contributed by atoms with Crippen LogP contribution in [0.2, 0.25) is 0 Å². The summed E-state index contributed by atoms with van der Waals surface area (Å²) in [5.41, 5.74) is 2.30. The number of esters is 1. The summed E-state index contributed by atoms with van der Waals surface area (Å²) in [6.45, 7) is 10.0. The van der Waals surface area contributed by atoms with Crippen molar-refractivity contribution in [2.45, 2.75) is 69.8 Å². The molecule has 0 aromatic carbocycles. The number of Topliss-reactive ketones (excluding diaryl/α,β-unsaturated/α-hetero) is 1. The Morgan fingerprint density at radius 2 is 2.00 bits per heavy atom. The number of aliphatic hydroxyl groups excluding tert-OH is 1. The Morgan fingerprint density at radius 3 is 2.59 bits per heavy atom. The van der Waals surface area contributed by atoms with Crippen LogP contribution in [0.5, 0.6) is 0 Å². The van der Waals surface area contributed by atoms with Gasteiger partial charge >= 0.3 is 5.97 Å². The van der Waals surface area contributed by atoms with Gasteiger partial charge in [-0.15, -0.1) is 0 Å². The fourth-order valence-electron chi connectivity index (χ4n) is 7.28. The molecule has 0 radical (unpaired) electrons. The first-order valence-electron chi connectivity index (χ1n) is 11.9. The number of hydrogen-bond acceptors (Lipinski definition) is 7. The van der Waals surface area contributed by atoms with Crippen molar-refractivity contribution in [3.63, 3.8) is 0 Å². The maximum absolute atomic E-state index is 13.0. The van der Waals surface area contributed by atoms with E-state index in [1.807, 2.05) is 20.8 Å². The highest BCUT2D eigenvalue weighted by Gasteiger charge is 2.83. The van der Waals surface area contributed by atoms with Gasteiger partial charge in [-0.2, -0.15) is 0 Å². The molecule has 8 atom stereocenters. The van der Waals surface area contributed by atoms with E-state index >= 15 is 0 Å². The van der Waals surface area contributed by atoms with Crippen molar-refractivity contribution in [2.24, 2.45) is 34.8 Å². The summed E-state index contributed by atoms with van der Waals surface area (Å²) >= 11 is 0. The third kappa shape index (κ3) is 3.08. The third-order valence-corrected chi connectivity index (χ3v) is 9.27. The molecule has 0 aliphatic heterocycles. The molecule has 0 saturated heterocycles. The molecule has 4 aliphatic carbocycles. The van der Waals surface area contributed by atoms with Crippen LogP contribution in [0.4, 0.5) is 4.39 Å². The first kappa shape index (κ1) is 25.2. The molecule has 34 heavy (non-hydrogen) atoms. The number of alkyl halides is 1. The van der Waals surface area contributed by atoms with E-state index in [1.165, 1.54) is 0 Å². The number of carbonyl (C=O) groups is 2. The van der Waals surface area contributed by atoms with E-state index in [0.29, 0.717) is 17.6 Å². The van der Waals surface area contributed by atoms with Crippen molar-refractivity contribution in [1.29, 1.82) is 0 Å². The molecule has 188 valence electrons. The third-order valence-electron chi connectivity index (χ3n) is 9.27. The van der Waals surface area contributed by atoms with E-state index in [2.05, 4.69) is 6.58 Å². The largest absolute Gasteiger partial charge is 0.457 e. The number of nitrogens with two attached hydrogens (primary N) is 1. The summed E-state index contributed by atoms with van der Waals surface area (Å²) < 4.78 is 18.8. The number of aliphatic hydroxyl groups is 3. The molecule has 4 aliphatic rings. The predicted octanol–water partition coefficient (Wildman–Crippen LogP) is 1.75. The van der Waals surface area contributed by atoms with Crippen molar-refractivity contribution in [1.82, 2.24) is 0 Å². The van der Waals surface area contributed by atoms with Crippen LogP contribution in [-0.2, 0) is 14.3 Å². The fraction of sp³-hybridized carbons (Fsp3) is 0.692. The fourth-order valence-corrected chi connectivity index (χ4v) is 7.28. The van der Waals surface area contributed by atoms with Gasteiger partial charge in [-0.25, -0.2) is 4.79 Å². The van der Waals surface area contributed by atoms with E-state index < -0.39 is 64.4 Å². The lowest BCUT2D eigenvalue weighted by molar-refractivity contribution is -0.187. The van der Waals surface area contributed by atoms with Gasteiger partial charge in [0.25, 0.3) is 0 Å². The van der Waals surface area contributed by atoms with Crippen molar-refractivity contribution in [2.75, 3.05) is 13.3 Å². The van der Waals surface area contributed by atoms with Crippen LogP contribution in [-0.4, -0.2) is 63.2 Å². The van der Waals surface area contributed by atoms with Gasteiger partial charge < -0.3 is 25.8 Å². The molecule has 0 heterocycles. The maximum Gasteiger partial charge on any atom is 0.327 e. The summed E-state index contributed by atoms with van der Waals surface area (Å²) in [5.74, 6) is -3.36. The van der Waals surface area contributed by atoms with Gasteiger partial charge in [-0.05, 0) is 42.4 Å². The van der Waals surface area contributed by atoms with E-state index in [0.717, 1.165) is 0 Å². The first-order valence-corrected chi connectivity index (χ1v) is 11.9. The maximum atomic E-state index is 13.0. The average Bonchev–Trinajstić information content (AvgIpc) is 3.17. The standard InChI is InChI=1S/C26H36FNO6/c1-13(6-7-27)19(28)22(31)34-25-10-15(3)26(33)17(20(25)23(25,4)5)9-16(12-29)11-24(32)18(26)8-14(2)21(24)30/h8-9,15,17-20,29,32-33H,1,6-7,10-12,28H2,2-5H3/t15-,17+,18-,19?,20-,24-,25+,26-/m1/s1. The number of ether oxygens (including phenoxy) is 1. The highest BCUT2D eigenvalue weighted by Crippen LogP contribution is 2.76. The van der Waals surface area contributed by atoms with E-state index in [1.54, 1.807) is 19.1 Å². The second-order valence-electron chi connectivity index (χ2n) is 11.3. The average molecular weight is 478 g/mol. The lowest BCUT2D eigenvalue weighted by atomic mass is 9.60. The molecule has 2 saturated carbocycles. The van der Waals surface area contributed by atoms with Gasteiger partial charge in [0.1, 0.15) is 17.2 Å². The van der Waals surface area contributed by atoms with Crippen LogP contribution < -0.4 is 5.73 Å². The van der Waals surface area contributed by atoms with Crippen LogP contribution in [0, 0.1) is 29.1 Å². The molecule has 0 aromatic rings. The van der Waals surface area contributed by atoms with Crippen LogP contribution >= 0.6 is 0 Å². The van der Waals surface area contributed by atoms with Gasteiger partial charge in [0.05, 0.1) is 18.9 Å². The van der Waals surface area contributed by atoms with Crippen LogP contribution in [0.15, 0.2) is 35.5 Å². The molecule has 0 amide bonds. The Balaban J connectivity index is 1.76. The van der Waals surface area contributed by atoms with Gasteiger partial charge in [0.2, 0.25) is 0 Å². The molecule has 1 unspecified atom stereocenters. The Morgan fingerprint density at radius 1 is 1.35 bits per heavy atom. The quantitative estimate of drug-likeness (QED) is 0.339. The predicted molar refractivity (Wildman–Crippen MR) is 123 cm³/mol. The Bertz CT molecular complexity index is 1000. The summed E-state index contributed by atoms with van der Waals surface area (Å²) in [5, 5.41) is 33.8. The molecule has 0 spiro atoms. The normalized spacial score (nSPS) is 42.9. The van der Waals surface area contributed by atoms with Crippen molar-refractivity contribution in [3.8, 4) is 0 Å². The second kappa shape index (κ2) is 7.82. The van der Waals surface area contributed by atoms with Crippen molar-refractivity contribution in [3.05, 3.63) is 35.5 Å².